The zero-order valence-electron chi connectivity index (χ0n) is 13.2. The molecule has 0 saturated carbocycles. The predicted molar refractivity (Wildman–Crippen MR) is 93.3 cm³/mol. The lowest BCUT2D eigenvalue weighted by atomic mass is 9.95. The number of rotatable bonds is 2. The smallest absolute Gasteiger partial charge is 0.255 e. The molecule has 1 amide bonds. The van der Waals surface area contributed by atoms with Crippen molar-refractivity contribution in [3.63, 3.8) is 0 Å². The molecule has 120 valence electrons. The lowest BCUT2D eigenvalue weighted by molar-refractivity contribution is 0.0745. The fourth-order valence-corrected chi connectivity index (χ4v) is 4.64. The van der Waals surface area contributed by atoms with Crippen LogP contribution in [-0.2, 0) is 12.8 Å². The van der Waals surface area contributed by atoms with Crippen LogP contribution in [0.4, 0.5) is 5.82 Å². The van der Waals surface area contributed by atoms with Crippen molar-refractivity contribution in [1.82, 2.24) is 9.88 Å². The second-order valence-electron chi connectivity index (χ2n) is 6.23. The van der Waals surface area contributed by atoms with Crippen LogP contribution in [-0.4, -0.2) is 42.0 Å². The topological polar surface area (TPSA) is 36.4 Å². The predicted octanol–water partition coefficient (Wildman–Crippen LogP) is 2.98. The largest absolute Gasteiger partial charge is 0.353 e. The molecule has 0 spiro atoms. The van der Waals surface area contributed by atoms with Gasteiger partial charge in [-0.05, 0) is 43.4 Å². The molecular formula is C18H21N3OS. The van der Waals surface area contributed by atoms with Crippen molar-refractivity contribution in [3.8, 4) is 0 Å². The summed E-state index contributed by atoms with van der Waals surface area (Å²) in [5.41, 5.74) is 2.30. The quantitative estimate of drug-likeness (QED) is 0.851. The van der Waals surface area contributed by atoms with E-state index in [-0.39, 0.29) is 5.91 Å². The van der Waals surface area contributed by atoms with E-state index in [9.17, 15) is 4.79 Å². The Bertz CT molecular complexity index is 690. The van der Waals surface area contributed by atoms with Gasteiger partial charge in [-0.1, -0.05) is 6.07 Å². The molecule has 2 aliphatic rings. The summed E-state index contributed by atoms with van der Waals surface area (Å²) in [6.07, 6.45) is 6.54. The highest BCUT2D eigenvalue weighted by Crippen LogP contribution is 2.31. The standard InChI is InChI=1S/C18H21N3OS/c22-18(15-13-23-16-6-2-1-5-14(15)16)21-11-9-20(10-12-21)17-7-3-4-8-19-17/h3-4,7-8,13H,1-2,5-6,9-12H2. The first-order chi connectivity index (χ1) is 11.3. The molecule has 2 aromatic heterocycles. The number of aryl methyl sites for hydroxylation is 1. The van der Waals surface area contributed by atoms with Gasteiger partial charge in [0.15, 0.2) is 0 Å². The summed E-state index contributed by atoms with van der Waals surface area (Å²) in [5.74, 6) is 1.23. The number of hydrogen-bond acceptors (Lipinski definition) is 4. The highest BCUT2D eigenvalue weighted by molar-refractivity contribution is 7.10. The van der Waals surface area contributed by atoms with E-state index in [0.29, 0.717) is 0 Å². The Labute approximate surface area is 140 Å². The summed E-state index contributed by atoms with van der Waals surface area (Å²) >= 11 is 1.77. The van der Waals surface area contributed by atoms with Gasteiger partial charge < -0.3 is 9.80 Å². The molecule has 23 heavy (non-hydrogen) atoms. The van der Waals surface area contributed by atoms with Gasteiger partial charge >= 0.3 is 0 Å². The van der Waals surface area contributed by atoms with E-state index in [1.165, 1.54) is 23.3 Å². The van der Waals surface area contributed by atoms with Gasteiger partial charge in [0.25, 0.3) is 5.91 Å². The van der Waals surface area contributed by atoms with Crippen LogP contribution in [0.2, 0.25) is 0 Å². The molecule has 0 radical (unpaired) electrons. The van der Waals surface area contributed by atoms with Gasteiger partial charge in [-0.15, -0.1) is 11.3 Å². The van der Waals surface area contributed by atoms with Crippen LogP contribution >= 0.6 is 11.3 Å². The van der Waals surface area contributed by atoms with E-state index >= 15 is 0 Å². The van der Waals surface area contributed by atoms with Crippen LogP contribution in [0.5, 0.6) is 0 Å². The van der Waals surface area contributed by atoms with Crippen LogP contribution in [0.1, 0.15) is 33.6 Å². The number of pyridine rings is 1. The number of thiophene rings is 1. The summed E-state index contributed by atoms with van der Waals surface area (Å²) < 4.78 is 0. The van der Waals surface area contributed by atoms with E-state index in [0.717, 1.165) is 50.4 Å². The number of nitrogens with zero attached hydrogens (tertiary/aromatic N) is 3. The van der Waals surface area contributed by atoms with E-state index in [1.807, 2.05) is 29.3 Å². The first-order valence-corrected chi connectivity index (χ1v) is 9.25. The highest BCUT2D eigenvalue weighted by atomic mass is 32.1. The van der Waals surface area contributed by atoms with Crippen molar-refractivity contribution in [2.45, 2.75) is 25.7 Å². The molecule has 1 aliphatic carbocycles. The van der Waals surface area contributed by atoms with Gasteiger partial charge in [0.2, 0.25) is 0 Å². The van der Waals surface area contributed by atoms with Crippen LogP contribution in [0, 0.1) is 0 Å². The summed E-state index contributed by atoms with van der Waals surface area (Å²) in [4.78, 5) is 23.0. The average Bonchev–Trinajstić information content (AvgIpc) is 3.06. The third-order valence-corrected chi connectivity index (χ3v) is 5.92. The Morgan fingerprint density at radius 3 is 2.70 bits per heavy atom. The van der Waals surface area contributed by atoms with Gasteiger partial charge in [-0.25, -0.2) is 4.98 Å². The summed E-state index contributed by atoms with van der Waals surface area (Å²) in [6, 6.07) is 5.98. The van der Waals surface area contributed by atoms with Gasteiger partial charge in [-0.2, -0.15) is 0 Å². The number of carbonyl (C=O) groups is 1. The normalized spacial score (nSPS) is 17.9. The minimum Gasteiger partial charge on any atom is -0.353 e. The zero-order valence-corrected chi connectivity index (χ0v) is 14.0. The molecule has 4 nitrogen and oxygen atoms in total. The third-order valence-electron chi connectivity index (χ3n) is 4.83. The Morgan fingerprint density at radius 1 is 1.09 bits per heavy atom. The third kappa shape index (κ3) is 2.85. The number of hydrogen-bond donors (Lipinski definition) is 0. The molecule has 1 fully saturated rings. The molecule has 1 saturated heterocycles. The molecule has 0 N–H and O–H groups in total. The number of fused-ring (bicyclic) bond motifs is 1. The molecule has 0 bridgehead atoms. The fraction of sp³-hybridized carbons (Fsp3) is 0.444. The minimum atomic E-state index is 0.227. The summed E-state index contributed by atoms with van der Waals surface area (Å²) in [6.45, 7) is 3.27. The second-order valence-corrected chi connectivity index (χ2v) is 7.19. The van der Waals surface area contributed by atoms with Crippen molar-refractivity contribution >= 4 is 23.1 Å². The first kappa shape index (κ1) is 14.7. The summed E-state index contributed by atoms with van der Waals surface area (Å²) in [7, 11) is 0. The number of amides is 1. The Kier molecular flexibility index (Phi) is 4.04. The lowest BCUT2D eigenvalue weighted by Gasteiger charge is -2.35. The minimum absolute atomic E-state index is 0.227. The maximum Gasteiger partial charge on any atom is 0.255 e. The maximum absolute atomic E-state index is 12.9. The number of aromatic nitrogens is 1. The van der Waals surface area contributed by atoms with E-state index < -0.39 is 0 Å². The molecule has 1 aliphatic heterocycles. The lowest BCUT2D eigenvalue weighted by Crippen LogP contribution is -2.49. The average molecular weight is 327 g/mol. The molecule has 5 heteroatoms. The molecule has 3 heterocycles. The van der Waals surface area contributed by atoms with Gasteiger partial charge in [0.05, 0.1) is 5.56 Å². The van der Waals surface area contributed by atoms with E-state index in [4.69, 9.17) is 0 Å². The van der Waals surface area contributed by atoms with Crippen LogP contribution in [0.25, 0.3) is 0 Å². The maximum atomic E-state index is 12.9. The van der Waals surface area contributed by atoms with Crippen molar-refractivity contribution in [1.29, 1.82) is 0 Å². The first-order valence-electron chi connectivity index (χ1n) is 8.37. The molecule has 2 aromatic rings. The molecule has 4 rings (SSSR count). The fourth-order valence-electron chi connectivity index (χ4n) is 3.52. The molecule has 0 atom stereocenters. The summed E-state index contributed by atoms with van der Waals surface area (Å²) in [5, 5.41) is 2.09. The Balaban J connectivity index is 1.44. The Hall–Kier alpha value is -1.88. The van der Waals surface area contributed by atoms with Crippen LogP contribution in [0.15, 0.2) is 29.8 Å². The van der Waals surface area contributed by atoms with E-state index in [2.05, 4.69) is 15.3 Å². The van der Waals surface area contributed by atoms with Gasteiger partial charge in [0.1, 0.15) is 5.82 Å². The molecular weight excluding hydrogens is 306 g/mol. The SMILES string of the molecule is O=C(c1csc2c1CCCC2)N1CCN(c2ccccn2)CC1. The molecule has 0 aromatic carbocycles. The van der Waals surface area contributed by atoms with Crippen molar-refractivity contribution in [3.05, 3.63) is 45.8 Å². The zero-order chi connectivity index (χ0) is 15.6. The number of anilines is 1. The number of carbonyl (C=O) groups excluding carboxylic acids is 1. The van der Waals surface area contributed by atoms with Crippen LogP contribution in [0.3, 0.4) is 0 Å². The van der Waals surface area contributed by atoms with Gasteiger partial charge in [0, 0.05) is 42.6 Å². The number of piperazine rings is 1. The highest BCUT2D eigenvalue weighted by Gasteiger charge is 2.26. The second kappa shape index (κ2) is 6.32. The van der Waals surface area contributed by atoms with Crippen LogP contribution < -0.4 is 4.90 Å². The Morgan fingerprint density at radius 2 is 1.91 bits per heavy atom. The van der Waals surface area contributed by atoms with Crippen molar-refractivity contribution in [2.75, 3.05) is 31.1 Å². The monoisotopic (exact) mass is 327 g/mol. The van der Waals surface area contributed by atoms with Crippen molar-refractivity contribution in [2.24, 2.45) is 0 Å². The van der Waals surface area contributed by atoms with Crippen molar-refractivity contribution < 1.29 is 4.79 Å². The van der Waals surface area contributed by atoms with Gasteiger partial charge in [-0.3, -0.25) is 4.79 Å². The molecule has 0 unspecified atom stereocenters. The van der Waals surface area contributed by atoms with E-state index in [1.54, 1.807) is 11.3 Å².